The number of rotatable bonds is 3. The van der Waals surface area contributed by atoms with Gasteiger partial charge >= 0.3 is 6.03 Å². The lowest BCUT2D eigenvalue weighted by Crippen LogP contribution is -2.19. The second-order valence-corrected chi connectivity index (χ2v) is 4.23. The van der Waals surface area contributed by atoms with Crippen LogP contribution < -0.4 is 21.1 Å². The van der Waals surface area contributed by atoms with Gasteiger partial charge in [0.05, 0.1) is 24.4 Å². The van der Waals surface area contributed by atoms with E-state index in [1.54, 1.807) is 42.5 Å². The SMILES string of the molecule is COc1ccc(NC(=O)Nc2cccc(C#N)c2)cc1N. The molecule has 0 atom stereocenters. The smallest absolute Gasteiger partial charge is 0.323 e. The number of ether oxygens (including phenoxy) is 1. The molecule has 6 heteroatoms. The van der Waals surface area contributed by atoms with E-state index < -0.39 is 6.03 Å². The fraction of sp³-hybridized carbons (Fsp3) is 0.0667. The number of urea groups is 1. The summed E-state index contributed by atoms with van der Waals surface area (Å²) in [5.74, 6) is 0.544. The van der Waals surface area contributed by atoms with Crippen LogP contribution in [-0.2, 0) is 0 Å². The molecule has 2 amide bonds. The Labute approximate surface area is 122 Å². The maximum Gasteiger partial charge on any atom is 0.323 e. The van der Waals surface area contributed by atoms with Crippen LogP contribution in [0.15, 0.2) is 42.5 Å². The van der Waals surface area contributed by atoms with Crippen molar-refractivity contribution in [3.8, 4) is 11.8 Å². The predicted octanol–water partition coefficient (Wildman–Crippen LogP) is 2.79. The van der Waals surface area contributed by atoms with E-state index in [0.29, 0.717) is 28.4 Å². The molecule has 0 unspecified atom stereocenters. The standard InChI is InChI=1S/C15H14N4O2/c1-21-14-6-5-12(8-13(14)17)19-15(20)18-11-4-2-3-10(7-11)9-16/h2-8H,17H2,1H3,(H2,18,19,20). The van der Waals surface area contributed by atoms with Gasteiger partial charge in [0.25, 0.3) is 0 Å². The average molecular weight is 282 g/mol. The van der Waals surface area contributed by atoms with Crippen molar-refractivity contribution >= 4 is 23.1 Å². The van der Waals surface area contributed by atoms with Gasteiger partial charge in [-0.15, -0.1) is 0 Å². The van der Waals surface area contributed by atoms with Gasteiger partial charge in [-0.1, -0.05) is 6.07 Å². The maximum atomic E-state index is 11.9. The van der Waals surface area contributed by atoms with Crippen LogP contribution in [0.2, 0.25) is 0 Å². The van der Waals surface area contributed by atoms with Crippen LogP contribution in [0.3, 0.4) is 0 Å². The van der Waals surface area contributed by atoms with E-state index in [2.05, 4.69) is 10.6 Å². The first-order valence-electron chi connectivity index (χ1n) is 6.14. The molecule has 0 aliphatic rings. The first kappa shape index (κ1) is 14.2. The summed E-state index contributed by atoms with van der Waals surface area (Å²) < 4.78 is 5.04. The number of hydrogen-bond donors (Lipinski definition) is 3. The molecule has 0 aromatic heterocycles. The summed E-state index contributed by atoms with van der Waals surface area (Å²) in [6.07, 6.45) is 0. The molecule has 0 radical (unpaired) electrons. The highest BCUT2D eigenvalue weighted by molar-refractivity contribution is 6.00. The zero-order valence-corrected chi connectivity index (χ0v) is 11.4. The Balaban J connectivity index is 2.04. The third kappa shape index (κ3) is 3.64. The number of nitrogens with two attached hydrogens (primary N) is 1. The van der Waals surface area contributed by atoms with Crippen molar-refractivity contribution in [2.75, 3.05) is 23.5 Å². The zero-order valence-electron chi connectivity index (χ0n) is 11.4. The van der Waals surface area contributed by atoms with Gasteiger partial charge < -0.3 is 21.1 Å². The average Bonchev–Trinajstić information content (AvgIpc) is 2.47. The van der Waals surface area contributed by atoms with E-state index in [-0.39, 0.29) is 0 Å². The molecule has 2 aromatic rings. The fourth-order valence-electron chi connectivity index (χ4n) is 1.77. The van der Waals surface area contributed by atoms with Gasteiger partial charge in [0.15, 0.2) is 0 Å². The van der Waals surface area contributed by atoms with Crippen molar-refractivity contribution in [3.05, 3.63) is 48.0 Å². The summed E-state index contributed by atoms with van der Waals surface area (Å²) in [7, 11) is 1.52. The van der Waals surface area contributed by atoms with Crippen molar-refractivity contribution in [2.45, 2.75) is 0 Å². The van der Waals surface area contributed by atoms with E-state index in [1.165, 1.54) is 7.11 Å². The number of methoxy groups -OCH3 is 1. The number of nitrogens with zero attached hydrogens (tertiary/aromatic N) is 1. The van der Waals surface area contributed by atoms with Crippen LogP contribution in [0, 0.1) is 11.3 Å². The molecule has 0 bridgehead atoms. The molecular formula is C15H14N4O2. The zero-order chi connectivity index (χ0) is 15.2. The van der Waals surface area contributed by atoms with Crippen LogP contribution in [-0.4, -0.2) is 13.1 Å². The van der Waals surface area contributed by atoms with Crippen LogP contribution in [0.4, 0.5) is 21.9 Å². The largest absolute Gasteiger partial charge is 0.495 e. The lowest BCUT2D eigenvalue weighted by Gasteiger charge is -2.10. The number of carbonyl (C=O) groups is 1. The number of amides is 2. The quantitative estimate of drug-likeness (QED) is 0.753. The number of carbonyl (C=O) groups excluding carboxylic acids is 1. The molecule has 2 rings (SSSR count). The Morgan fingerprint density at radius 3 is 2.52 bits per heavy atom. The van der Waals surface area contributed by atoms with Crippen molar-refractivity contribution < 1.29 is 9.53 Å². The van der Waals surface area contributed by atoms with Crippen molar-refractivity contribution in [2.24, 2.45) is 0 Å². The van der Waals surface area contributed by atoms with Gasteiger partial charge in [-0.05, 0) is 36.4 Å². The normalized spacial score (nSPS) is 9.52. The third-order valence-corrected chi connectivity index (χ3v) is 2.74. The number of nitrogens with one attached hydrogen (secondary N) is 2. The minimum atomic E-state index is -0.422. The Bertz CT molecular complexity index is 707. The highest BCUT2D eigenvalue weighted by Crippen LogP contribution is 2.24. The van der Waals surface area contributed by atoms with Crippen LogP contribution in [0.5, 0.6) is 5.75 Å². The number of hydrogen-bond acceptors (Lipinski definition) is 4. The highest BCUT2D eigenvalue weighted by Gasteiger charge is 2.05. The van der Waals surface area contributed by atoms with E-state index in [4.69, 9.17) is 15.7 Å². The molecule has 0 saturated carbocycles. The maximum absolute atomic E-state index is 11.9. The molecule has 2 aromatic carbocycles. The molecule has 0 saturated heterocycles. The molecule has 6 nitrogen and oxygen atoms in total. The molecule has 0 aliphatic carbocycles. The van der Waals surface area contributed by atoms with Gasteiger partial charge in [-0.3, -0.25) is 0 Å². The van der Waals surface area contributed by atoms with E-state index in [1.807, 2.05) is 6.07 Å². The second kappa shape index (κ2) is 6.30. The monoisotopic (exact) mass is 282 g/mol. The summed E-state index contributed by atoms with van der Waals surface area (Å²) in [5.41, 5.74) is 7.75. The summed E-state index contributed by atoms with van der Waals surface area (Å²) >= 11 is 0. The Kier molecular flexibility index (Phi) is 4.26. The van der Waals surface area contributed by atoms with E-state index >= 15 is 0 Å². The van der Waals surface area contributed by atoms with Gasteiger partial charge in [-0.2, -0.15) is 5.26 Å². The van der Waals surface area contributed by atoms with Crippen LogP contribution in [0.25, 0.3) is 0 Å². The first-order valence-corrected chi connectivity index (χ1v) is 6.14. The molecule has 21 heavy (non-hydrogen) atoms. The molecular weight excluding hydrogens is 268 g/mol. The molecule has 0 fully saturated rings. The summed E-state index contributed by atoms with van der Waals surface area (Å²) in [6, 6.07) is 13.2. The van der Waals surface area contributed by atoms with E-state index in [9.17, 15) is 4.79 Å². The topological polar surface area (TPSA) is 100 Å². The van der Waals surface area contributed by atoms with Crippen LogP contribution >= 0.6 is 0 Å². The van der Waals surface area contributed by atoms with Crippen molar-refractivity contribution in [1.82, 2.24) is 0 Å². The van der Waals surface area contributed by atoms with E-state index in [0.717, 1.165) is 0 Å². The summed E-state index contributed by atoms with van der Waals surface area (Å²) in [4.78, 5) is 11.9. The van der Waals surface area contributed by atoms with Crippen LogP contribution in [0.1, 0.15) is 5.56 Å². The fourth-order valence-corrected chi connectivity index (χ4v) is 1.77. The molecule has 0 spiro atoms. The molecule has 0 aliphatic heterocycles. The second-order valence-electron chi connectivity index (χ2n) is 4.23. The minimum absolute atomic E-state index is 0.422. The number of benzene rings is 2. The van der Waals surface area contributed by atoms with Gasteiger partial charge in [0, 0.05) is 11.4 Å². The Morgan fingerprint density at radius 1 is 1.19 bits per heavy atom. The predicted molar refractivity (Wildman–Crippen MR) is 81.2 cm³/mol. The summed E-state index contributed by atoms with van der Waals surface area (Å²) in [6.45, 7) is 0. The molecule has 0 heterocycles. The number of nitrogen functional groups attached to an aromatic ring is 1. The summed E-state index contributed by atoms with van der Waals surface area (Å²) in [5, 5.41) is 14.1. The highest BCUT2D eigenvalue weighted by atomic mass is 16.5. The number of anilines is 3. The minimum Gasteiger partial charge on any atom is -0.495 e. The Morgan fingerprint density at radius 2 is 1.90 bits per heavy atom. The first-order chi connectivity index (χ1) is 10.1. The molecule has 4 N–H and O–H groups in total. The van der Waals surface area contributed by atoms with Crippen molar-refractivity contribution in [1.29, 1.82) is 5.26 Å². The van der Waals surface area contributed by atoms with Crippen molar-refractivity contribution in [3.63, 3.8) is 0 Å². The van der Waals surface area contributed by atoms with Gasteiger partial charge in [-0.25, -0.2) is 4.79 Å². The van der Waals surface area contributed by atoms with Gasteiger partial charge in [0.2, 0.25) is 0 Å². The lowest BCUT2D eigenvalue weighted by atomic mass is 10.2. The lowest BCUT2D eigenvalue weighted by molar-refractivity contribution is 0.262. The third-order valence-electron chi connectivity index (χ3n) is 2.74. The Hall–Kier alpha value is -3.20. The van der Waals surface area contributed by atoms with Gasteiger partial charge in [0.1, 0.15) is 5.75 Å². The number of nitriles is 1. The molecule has 106 valence electrons.